The van der Waals surface area contributed by atoms with Gasteiger partial charge in [-0.05, 0) is 59.8 Å². The van der Waals surface area contributed by atoms with Gasteiger partial charge in [-0.25, -0.2) is 0 Å². The summed E-state index contributed by atoms with van der Waals surface area (Å²) in [4.78, 5) is 14.8. The number of fused-ring (bicyclic) bond motifs is 2. The van der Waals surface area contributed by atoms with E-state index in [0.29, 0.717) is 17.6 Å². The van der Waals surface area contributed by atoms with E-state index in [1.165, 1.54) is 0 Å². The summed E-state index contributed by atoms with van der Waals surface area (Å²) in [6.45, 7) is 0. The second-order valence-electron chi connectivity index (χ2n) is 5.52. The summed E-state index contributed by atoms with van der Waals surface area (Å²) in [6, 6.07) is 6.12. The number of alkyl halides is 1. The third-order valence-electron chi connectivity index (χ3n) is 4.31. The molecule has 0 saturated carbocycles. The molecule has 2 bridgehead atoms. The highest BCUT2D eigenvalue weighted by molar-refractivity contribution is 9.10. The van der Waals surface area contributed by atoms with Crippen LogP contribution in [-0.4, -0.2) is 35.4 Å². The Hall–Kier alpha value is -0.740. The van der Waals surface area contributed by atoms with Gasteiger partial charge < -0.3 is 9.64 Å². The predicted molar refractivity (Wildman–Crippen MR) is 82.5 cm³/mol. The predicted octanol–water partition coefficient (Wildman–Crippen LogP) is 3.83. The van der Waals surface area contributed by atoms with Gasteiger partial charge in [-0.3, -0.25) is 4.79 Å². The molecule has 0 aromatic heterocycles. The number of methoxy groups -OCH3 is 1. The van der Waals surface area contributed by atoms with E-state index in [2.05, 4.69) is 15.9 Å². The summed E-state index contributed by atoms with van der Waals surface area (Å²) in [6.07, 6.45) is 4.00. The van der Waals surface area contributed by atoms with Gasteiger partial charge >= 0.3 is 0 Å². The Bertz CT molecular complexity index is 523. The Kier molecular flexibility index (Phi) is 3.95. The van der Waals surface area contributed by atoms with Crippen molar-refractivity contribution in [3.63, 3.8) is 0 Å². The molecule has 1 aromatic carbocycles. The minimum absolute atomic E-state index is 0.115. The first-order chi connectivity index (χ1) is 9.60. The van der Waals surface area contributed by atoms with Crippen molar-refractivity contribution in [2.45, 2.75) is 43.1 Å². The van der Waals surface area contributed by atoms with Crippen molar-refractivity contribution in [2.24, 2.45) is 0 Å². The lowest BCUT2D eigenvalue weighted by atomic mass is 10.0. The number of halogens is 2. The zero-order valence-corrected chi connectivity index (χ0v) is 13.7. The minimum atomic E-state index is 0.115. The van der Waals surface area contributed by atoms with Gasteiger partial charge in [0.15, 0.2) is 0 Å². The van der Waals surface area contributed by atoms with Crippen LogP contribution in [0.5, 0.6) is 5.75 Å². The zero-order valence-electron chi connectivity index (χ0n) is 11.3. The van der Waals surface area contributed by atoms with Crippen LogP contribution in [0.15, 0.2) is 22.7 Å². The molecule has 3 nitrogen and oxygen atoms in total. The molecule has 20 heavy (non-hydrogen) atoms. The largest absolute Gasteiger partial charge is 0.496 e. The normalized spacial score (nSPS) is 28.6. The zero-order chi connectivity index (χ0) is 14.3. The van der Waals surface area contributed by atoms with Crippen molar-refractivity contribution in [1.82, 2.24) is 4.90 Å². The lowest BCUT2D eigenvalue weighted by molar-refractivity contribution is 0.0599. The van der Waals surface area contributed by atoms with Gasteiger partial charge in [0.1, 0.15) is 5.75 Å². The molecule has 0 radical (unpaired) electrons. The molecule has 2 aliphatic heterocycles. The average molecular weight is 359 g/mol. The first kappa shape index (κ1) is 14.2. The molecule has 2 aliphatic rings. The Balaban J connectivity index is 1.84. The van der Waals surface area contributed by atoms with E-state index in [-0.39, 0.29) is 11.3 Å². The van der Waals surface area contributed by atoms with E-state index in [1.807, 2.05) is 23.1 Å². The van der Waals surface area contributed by atoms with E-state index in [1.54, 1.807) is 7.11 Å². The number of piperidine rings is 1. The monoisotopic (exact) mass is 357 g/mol. The number of rotatable bonds is 2. The molecule has 0 N–H and O–H groups in total. The summed E-state index contributed by atoms with van der Waals surface area (Å²) >= 11 is 9.70. The summed E-state index contributed by atoms with van der Waals surface area (Å²) in [5.41, 5.74) is 0.711. The van der Waals surface area contributed by atoms with Crippen LogP contribution in [0, 0.1) is 0 Å². The van der Waals surface area contributed by atoms with Crippen molar-refractivity contribution in [2.75, 3.05) is 7.11 Å². The van der Waals surface area contributed by atoms with Crippen LogP contribution in [0.1, 0.15) is 36.0 Å². The number of hydrogen-bond acceptors (Lipinski definition) is 2. The van der Waals surface area contributed by atoms with Crippen molar-refractivity contribution in [3.05, 3.63) is 28.2 Å². The lowest BCUT2D eigenvalue weighted by Gasteiger charge is -2.37. The van der Waals surface area contributed by atoms with Crippen LogP contribution in [0.25, 0.3) is 0 Å². The smallest absolute Gasteiger partial charge is 0.254 e. The third-order valence-corrected chi connectivity index (χ3v) is 5.28. The van der Waals surface area contributed by atoms with Crippen molar-refractivity contribution in [1.29, 1.82) is 0 Å². The standard InChI is InChI=1S/C15H17BrClNO2/c1-20-14-5-2-9(6-13(14)16)15(19)18-11-3-4-12(18)8-10(17)7-11/h2,5-6,10-12H,3-4,7-8H2,1H3. The maximum atomic E-state index is 12.7. The minimum Gasteiger partial charge on any atom is -0.496 e. The fourth-order valence-electron chi connectivity index (χ4n) is 3.39. The highest BCUT2D eigenvalue weighted by atomic mass is 79.9. The number of hydrogen-bond donors (Lipinski definition) is 0. The molecule has 2 unspecified atom stereocenters. The maximum Gasteiger partial charge on any atom is 0.254 e. The number of carbonyl (C=O) groups is 1. The molecule has 2 fully saturated rings. The SMILES string of the molecule is COc1ccc(C(=O)N2C3CCC2CC(Cl)C3)cc1Br. The number of nitrogens with zero attached hydrogens (tertiary/aromatic N) is 1. The van der Waals surface area contributed by atoms with E-state index >= 15 is 0 Å². The van der Waals surface area contributed by atoms with Gasteiger partial charge in [0, 0.05) is 23.0 Å². The van der Waals surface area contributed by atoms with E-state index in [9.17, 15) is 4.79 Å². The highest BCUT2D eigenvalue weighted by Crippen LogP contribution is 2.39. The van der Waals surface area contributed by atoms with E-state index in [4.69, 9.17) is 16.3 Å². The second-order valence-corrected chi connectivity index (χ2v) is 6.99. The molecule has 0 aliphatic carbocycles. The molecule has 108 valence electrons. The molecular formula is C15H17BrClNO2. The topological polar surface area (TPSA) is 29.5 Å². The summed E-state index contributed by atoms with van der Waals surface area (Å²) < 4.78 is 6.02. The quantitative estimate of drug-likeness (QED) is 0.752. The molecule has 0 spiro atoms. The van der Waals surface area contributed by atoms with Gasteiger partial charge in [-0.1, -0.05) is 0 Å². The van der Waals surface area contributed by atoms with Gasteiger partial charge in [-0.15, -0.1) is 11.6 Å². The molecule has 2 atom stereocenters. The maximum absolute atomic E-state index is 12.7. The lowest BCUT2D eigenvalue weighted by Crippen LogP contribution is -2.46. The van der Waals surface area contributed by atoms with Gasteiger partial charge in [0.25, 0.3) is 5.91 Å². The van der Waals surface area contributed by atoms with Gasteiger partial charge in [-0.2, -0.15) is 0 Å². The van der Waals surface area contributed by atoms with E-state index in [0.717, 1.165) is 35.9 Å². The van der Waals surface area contributed by atoms with Crippen molar-refractivity contribution in [3.8, 4) is 5.75 Å². The second kappa shape index (κ2) is 5.57. The first-order valence-corrected chi connectivity index (χ1v) is 8.13. The van der Waals surface area contributed by atoms with Crippen LogP contribution in [0.3, 0.4) is 0 Å². The fourth-order valence-corrected chi connectivity index (χ4v) is 4.34. The van der Waals surface area contributed by atoms with Gasteiger partial charge in [0.2, 0.25) is 0 Å². The fraction of sp³-hybridized carbons (Fsp3) is 0.533. The van der Waals surface area contributed by atoms with Crippen molar-refractivity contribution < 1.29 is 9.53 Å². The summed E-state index contributed by atoms with van der Waals surface area (Å²) in [5.74, 6) is 0.855. The van der Waals surface area contributed by atoms with Crippen molar-refractivity contribution >= 4 is 33.4 Å². The molecule has 3 rings (SSSR count). The number of carbonyl (C=O) groups excluding carboxylic acids is 1. The number of benzene rings is 1. The Morgan fingerprint density at radius 1 is 1.35 bits per heavy atom. The summed E-state index contributed by atoms with van der Waals surface area (Å²) in [5, 5.41) is 0.221. The number of ether oxygens (including phenoxy) is 1. The molecule has 1 aromatic rings. The first-order valence-electron chi connectivity index (χ1n) is 6.90. The van der Waals surface area contributed by atoms with Gasteiger partial charge in [0.05, 0.1) is 11.6 Å². The van der Waals surface area contributed by atoms with Crippen LogP contribution in [-0.2, 0) is 0 Å². The number of amides is 1. The highest BCUT2D eigenvalue weighted by Gasteiger charge is 2.42. The third kappa shape index (κ3) is 2.44. The Morgan fingerprint density at radius 3 is 2.55 bits per heavy atom. The molecule has 2 heterocycles. The Morgan fingerprint density at radius 2 is 2.00 bits per heavy atom. The Labute approximate surface area is 132 Å². The average Bonchev–Trinajstić information content (AvgIpc) is 2.70. The molecular weight excluding hydrogens is 342 g/mol. The van der Waals surface area contributed by atoms with Crippen LogP contribution in [0.4, 0.5) is 0 Å². The molecule has 1 amide bonds. The van der Waals surface area contributed by atoms with Crippen LogP contribution < -0.4 is 4.74 Å². The molecule has 2 saturated heterocycles. The van der Waals surface area contributed by atoms with Crippen LogP contribution >= 0.6 is 27.5 Å². The van der Waals surface area contributed by atoms with Crippen LogP contribution in [0.2, 0.25) is 0 Å². The molecule has 5 heteroatoms. The summed E-state index contributed by atoms with van der Waals surface area (Å²) in [7, 11) is 1.62. The van der Waals surface area contributed by atoms with E-state index < -0.39 is 0 Å².